The van der Waals surface area contributed by atoms with Gasteiger partial charge in [-0.05, 0) is 44.9 Å². The van der Waals surface area contributed by atoms with Crippen LogP contribution < -0.4 is 5.32 Å². The zero-order valence-electron chi connectivity index (χ0n) is 14.7. The summed E-state index contributed by atoms with van der Waals surface area (Å²) in [6.45, 7) is 6.81. The van der Waals surface area contributed by atoms with Gasteiger partial charge in [-0.2, -0.15) is 5.10 Å². The lowest BCUT2D eigenvalue weighted by Crippen LogP contribution is -2.49. The summed E-state index contributed by atoms with van der Waals surface area (Å²) >= 11 is 0. The molecule has 1 amide bonds. The number of carbonyl (C=O) groups is 1. The first kappa shape index (κ1) is 16.7. The molecule has 128 valence electrons. The minimum atomic E-state index is -0.0501. The highest BCUT2D eigenvalue weighted by atomic mass is 16.2. The Hall–Kier alpha value is -2.14. The minimum Gasteiger partial charge on any atom is -0.349 e. The van der Waals surface area contributed by atoms with Crippen LogP contribution in [0.2, 0.25) is 0 Å². The molecule has 5 heteroatoms. The van der Waals surface area contributed by atoms with E-state index in [2.05, 4.69) is 46.5 Å². The van der Waals surface area contributed by atoms with Crippen LogP contribution in [0.1, 0.15) is 41.5 Å². The summed E-state index contributed by atoms with van der Waals surface area (Å²) in [5.41, 5.74) is 2.79. The fourth-order valence-corrected chi connectivity index (χ4v) is 3.54. The van der Waals surface area contributed by atoms with Gasteiger partial charge in [0, 0.05) is 25.7 Å². The van der Waals surface area contributed by atoms with Crippen molar-refractivity contribution in [3.63, 3.8) is 0 Å². The molecule has 2 heterocycles. The second-order valence-corrected chi connectivity index (χ2v) is 6.98. The SMILES string of the molecule is Cc1cc(C(=O)NCC2(C)CCCN2Cc2ccccc2)n(C)n1. The van der Waals surface area contributed by atoms with Crippen LogP contribution in [0.25, 0.3) is 0 Å². The predicted molar refractivity (Wildman–Crippen MR) is 94.8 cm³/mol. The van der Waals surface area contributed by atoms with Crippen molar-refractivity contribution in [2.24, 2.45) is 7.05 Å². The zero-order valence-corrected chi connectivity index (χ0v) is 14.7. The van der Waals surface area contributed by atoms with Gasteiger partial charge >= 0.3 is 0 Å². The molecule has 2 aromatic rings. The van der Waals surface area contributed by atoms with Crippen molar-refractivity contribution >= 4 is 5.91 Å². The van der Waals surface area contributed by atoms with Gasteiger partial charge in [-0.25, -0.2) is 0 Å². The van der Waals surface area contributed by atoms with E-state index in [0.717, 1.165) is 25.2 Å². The molecule has 1 aromatic carbocycles. The number of aromatic nitrogens is 2. The molecule has 1 aliphatic heterocycles. The third kappa shape index (κ3) is 3.51. The number of rotatable bonds is 5. The van der Waals surface area contributed by atoms with Gasteiger partial charge in [-0.1, -0.05) is 30.3 Å². The fraction of sp³-hybridized carbons (Fsp3) is 0.474. The number of nitrogens with zero attached hydrogens (tertiary/aromatic N) is 3. The second-order valence-electron chi connectivity index (χ2n) is 6.98. The second kappa shape index (κ2) is 6.77. The first-order chi connectivity index (χ1) is 11.5. The van der Waals surface area contributed by atoms with Crippen molar-refractivity contribution in [1.82, 2.24) is 20.0 Å². The molecule has 1 aromatic heterocycles. The lowest BCUT2D eigenvalue weighted by atomic mass is 9.98. The Morgan fingerprint density at radius 1 is 1.33 bits per heavy atom. The molecule has 1 unspecified atom stereocenters. The van der Waals surface area contributed by atoms with Crippen LogP contribution in [0.3, 0.4) is 0 Å². The van der Waals surface area contributed by atoms with Gasteiger partial charge in [0.2, 0.25) is 0 Å². The van der Waals surface area contributed by atoms with Crippen molar-refractivity contribution in [2.45, 2.75) is 38.8 Å². The normalized spacial score (nSPS) is 21.1. The smallest absolute Gasteiger partial charge is 0.269 e. The van der Waals surface area contributed by atoms with Gasteiger partial charge in [0.25, 0.3) is 5.91 Å². The molecular formula is C19H26N4O. The van der Waals surface area contributed by atoms with Crippen molar-refractivity contribution in [3.05, 3.63) is 53.3 Å². The topological polar surface area (TPSA) is 50.2 Å². The maximum absolute atomic E-state index is 12.5. The van der Waals surface area contributed by atoms with E-state index in [9.17, 15) is 4.79 Å². The van der Waals surface area contributed by atoms with Crippen LogP contribution in [0, 0.1) is 6.92 Å². The number of aryl methyl sites for hydroxylation is 2. The molecule has 0 aliphatic carbocycles. The molecule has 0 saturated carbocycles. The maximum Gasteiger partial charge on any atom is 0.269 e. The number of carbonyl (C=O) groups excluding carboxylic acids is 1. The number of hydrogen-bond donors (Lipinski definition) is 1. The molecule has 1 aliphatic rings. The number of benzene rings is 1. The Bertz CT molecular complexity index is 709. The molecule has 5 nitrogen and oxygen atoms in total. The van der Waals surface area contributed by atoms with E-state index in [-0.39, 0.29) is 11.4 Å². The molecule has 24 heavy (non-hydrogen) atoms. The minimum absolute atomic E-state index is 0.000854. The van der Waals surface area contributed by atoms with Gasteiger partial charge in [0.15, 0.2) is 0 Å². The number of amides is 1. The Morgan fingerprint density at radius 3 is 2.75 bits per heavy atom. The van der Waals surface area contributed by atoms with Crippen LogP contribution in [0.5, 0.6) is 0 Å². The summed E-state index contributed by atoms with van der Waals surface area (Å²) in [7, 11) is 1.81. The molecule has 0 bridgehead atoms. The summed E-state index contributed by atoms with van der Waals surface area (Å²) in [4.78, 5) is 14.9. The third-order valence-corrected chi connectivity index (χ3v) is 4.99. The third-order valence-electron chi connectivity index (χ3n) is 4.99. The molecule has 1 fully saturated rings. The van der Waals surface area contributed by atoms with Crippen molar-refractivity contribution in [3.8, 4) is 0 Å². The molecule has 1 N–H and O–H groups in total. The van der Waals surface area contributed by atoms with E-state index in [0.29, 0.717) is 12.2 Å². The van der Waals surface area contributed by atoms with Crippen molar-refractivity contribution < 1.29 is 4.79 Å². The standard InChI is InChI=1S/C19H26N4O/c1-15-12-17(22(3)21-15)18(24)20-14-19(2)10-7-11-23(19)13-16-8-5-4-6-9-16/h4-6,8-9,12H,7,10-11,13-14H2,1-3H3,(H,20,24). The summed E-state index contributed by atoms with van der Waals surface area (Å²) in [5.74, 6) is -0.0501. The molecule has 1 atom stereocenters. The van der Waals surface area contributed by atoms with Gasteiger partial charge in [0.05, 0.1) is 5.69 Å². The average Bonchev–Trinajstić information content (AvgIpc) is 3.09. The highest BCUT2D eigenvalue weighted by Crippen LogP contribution is 2.30. The Labute approximate surface area is 143 Å². The number of likely N-dealkylation sites (tertiary alicyclic amines) is 1. The van der Waals surface area contributed by atoms with Crippen molar-refractivity contribution in [2.75, 3.05) is 13.1 Å². The lowest BCUT2D eigenvalue weighted by molar-refractivity contribution is 0.0888. The predicted octanol–water partition coefficient (Wildman–Crippen LogP) is 2.51. The van der Waals surface area contributed by atoms with Crippen LogP contribution in [0.4, 0.5) is 0 Å². The Morgan fingerprint density at radius 2 is 2.08 bits per heavy atom. The van der Waals surface area contributed by atoms with E-state index < -0.39 is 0 Å². The van der Waals surface area contributed by atoms with Crippen LogP contribution in [-0.4, -0.2) is 39.2 Å². The molecule has 0 spiro atoms. The molecule has 0 radical (unpaired) electrons. The summed E-state index contributed by atoms with van der Waals surface area (Å²) in [6.07, 6.45) is 2.27. The molecule has 1 saturated heterocycles. The van der Waals surface area contributed by atoms with Crippen LogP contribution in [0.15, 0.2) is 36.4 Å². The zero-order chi connectivity index (χ0) is 17.2. The summed E-state index contributed by atoms with van der Waals surface area (Å²) in [6, 6.07) is 12.4. The quantitative estimate of drug-likeness (QED) is 0.918. The van der Waals surface area contributed by atoms with Gasteiger partial charge in [-0.15, -0.1) is 0 Å². The van der Waals surface area contributed by atoms with Crippen LogP contribution >= 0.6 is 0 Å². The van der Waals surface area contributed by atoms with Gasteiger partial charge in [-0.3, -0.25) is 14.4 Å². The average molecular weight is 326 g/mol. The van der Waals surface area contributed by atoms with E-state index in [4.69, 9.17) is 0 Å². The van der Waals surface area contributed by atoms with E-state index in [1.807, 2.05) is 19.1 Å². The summed E-state index contributed by atoms with van der Waals surface area (Å²) < 4.78 is 1.64. The molecule has 3 rings (SSSR count). The highest BCUT2D eigenvalue weighted by Gasteiger charge is 2.36. The Kier molecular flexibility index (Phi) is 4.71. The fourth-order valence-electron chi connectivity index (χ4n) is 3.54. The van der Waals surface area contributed by atoms with E-state index >= 15 is 0 Å². The monoisotopic (exact) mass is 326 g/mol. The maximum atomic E-state index is 12.5. The molecular weight excluding hydrogens is 300 g/mol. The Balaban J connectivity index is 1.64. The van der Waals surface area contributed by atoms with E-state index in [1.165, 1.54) is 12.0 Å². The van der Waals surface area contributed by atoms with E-state index in [1.54, 1.807) is 11.7 Å². The highest BCUT2D eigenvalue weighted by molar-refractivity contribution is 5.92. The van der Waals surface area contributed by atoms with Crippen LogP contribution in [-0.2, 0) is 13.6 Å². The summed E-state index contributed by atoms with van der Waals surface area (Å²) in [5, 5.41) is 7.36. The largest absolute Gasteiger partial charge is 0.349 e. The number of hydrogen-bond acceptors (Lipinski definition) is 3. The first-order valence-electron chi connectivity index (χ1n) is 8.56. The van der Waals surface area contributed by atoms with Gasteiger partial charge < -0.3 is 5.32 Å². The van der Waals surface area contributed by atoms with Crippen molar-refractivity contribution in [1.29, 1.82) is 0 Å². The first-order valence-corrected chi connectivity index (χ1v) is 8.56. The van der Waals surface area contributed by atoms with Gasteiger partial charge in [0.1, 0.15) is 5.69 Å². The lowest BCUT2D eigenvalue weighted by Gasteiger charge is -2.35. The number of nitrogens with one attached hydrogen (secondary N) is 1.